The average Bonchev–Trinajstić information content (AvgIpc) is 3.12. The molecule has 1 amide bonds. The molecule has 3 rings (SSSR count). The quantitative estimate of drug-likeness (QED) is 0.768. The van der Waals surface area contributed by atoms with Gasteiger partial charge in [-0.3, -0.25) is 4.79 Å². The molecule has 22 heavy (non-hydrogen) atoms. The van der Waals surface area contributed by atoms with E-state index in [1.165, 1.54) is 10.6 Å². The smallest absolute Gasteiger partial charge is 0.223 e. The number of nitrogens with one attached hydrogen (secondary N) is 2. The lowest BCUT2D eigenvalue weighted by Gasteiger charge is -2.31. The molecule has 128 valence electrons. The lowest BCUT2D eigenvalue weighted by Crippen LogP contribution is -2.50. The van der Waals surface area contributed by atoms with Gasteiger partial charge in [-0.15, -0.1) is 12.4 Å². The topological polar surface area (TPSA) is 78.5 Å². The molecule has 2 heterocycles. The molecule has 2 N–H and O–H groups in total. The Hall–Kier alpha value is -0.370. The maximum absolute atomic E-state index is 12.4. The van der Waals surface area contributed by atoms with E-state index in [-0.39, 0.29) is 35.7 Å². The molecule has 6 nitrogen and oxygen atoms in total. The molecular weight excluding hydrogens is 326 g/mol. The Balaban J connectivity index is 0.00000176. The highest BCUT2D eigenvalue weighted by atomic mass is 35.5. The van der Waals surface area contributed by atoms with Gasteiger partial charge in [0.05, 0.1) is 6.26 Å². The van der Waals surface area contributed by atoms with Crippen LogP contribution in [-0.4, -0.2) is 57.1 Å². The summed E-state index contributed by atoms with van der Waals surface area (Å²) in [5, 5.41) is 6.43. The minimum Gasteiger partial charge on any atom is -0.352 e. The van der Waals surface area contributed by atoms with Crippen LogP contribution in [0, 0.1) is 11.3 Å². The third kappa shape index (κ3) is 3.75. The predicted octanol–water partition coefficient (Wildman–Crippen LogP) is 0.338. The summed E-state index contributed by atoms with van der Waals surface area (Å²) >= 11 is 0. The molecule has 0 aromatic carbocycles. The van der Waals surface area contributed by atoms with Crippen molar-refractivity contribution in [2.45, 2.75) is 38.1 Å². The molecule has 8 heteroatoms. The van der Waals surface area contributed by atoms with E-state index in [2.05, 4.69) is 10.6 Å². The van der Waals surface area contributed by atoms with Crippen LogP contribution in [0.5, 0.6) is 0 Å². The highest BCUT2D eigenvalue weighted by Crippen LogP contribution is 2.58. The largest absolute Gasteiger partial charge is 0.352 e. The second-order valence-electron chi connectivity index (χ2n) is 6.84. The fraction of sp³-hybridized carbons (Fsp3) is 0.929. The van der Waals surface area contributed by atoms with Crippen molar-refractivity contribution in [2.75, 3.05) is 32.4 Å². The number of hydrogen-bond donors (Lipinski definition) is 2. The summed E-state index contributed by atoms with van der Waals surface area (Å²) < 4.78 is 24.7. The maximum Gasteiger partial charge on any atom is 0.223 e. The van der Waals surface area contributed by atoms with Crippen LogP contribution in [0.3, 0.4) is 0 Å². The van der Waals surface area contributed by atoms with E-state index in [0.29, 0.717) is 13.1 Å². The SMILES string of the molecule is CS(=O)(=O)N1CCCC(NC(=O)C2CC23CCNCC3)C1.Cl. The van der Waals surface area contributed by atoms with Crippen LogP contribution in [0.1, 0.15) is 32.1 Å². The molecule has 0 aromatic rings. The highest BCUT2D eigenvalue weighted by molar-refractivity contribution is 7.88. The van der Waals surface area contributed by atoms with Gasteiger partial charge >= 0.3 is 0 Å². The third-order valence-electron chi connectivity index (χ3n) is 5.31. The molecule has 2 atom stereocenters. The van der Waals surface area contributed by atoms with Crippen LogP contribution in [0.25, 0.3) is 0 Å². The van der Waals surface area contributed by atoms with E-state index in [9.17, 15) is 13.2 Å². The summed E-state index contributed by atoms with van der Waals surface area (Å²) in [6.45, 7) is 3.01. The molecule has 2 saturated heterocycles. The zero-order valence-corrected chi connectivity index (χ0v) is 14.6. The van der Waals surface area contributed by atoms with Gasteiger partial charge in [0.25, 0.3) is 0 Å². The lowest BCUT2D eigenvalue weighted by molar-refractivity contribution is -0.124. The van der Waals surface area contributed by atoms with E-state index in [1.54, 1.807) is 0 Å². The monoisotopic (exact) mass is 351 g/mol. The minimum absolute atomic E-state index is 0. The predicted molar refractivity (Wildman–Crippen MR) is 87.5 cm³/mol. The van der Waals surface area contributed by atoms with Crippen molar-refractivity contribution in [1.82, 2.24) is 14.9 Å². The molecule has 0 bridgehead atoms. The van der Waals surface area contributed by atoms with Crippen LogP contribution in [0.15, 0.2) is 0 Å². The Morgan fingerprint density at radius 2 is 2.00 bits per heavy atom. The van der Waals surface area contributed by atoms with E-state index < -0.39 is 10.0 Å². The van der Waals surface area contributed by atoms with Crippen molar-refractivity contribution in [3.05, 3.63) is 0 Å². The molecule has 2 unspecified atom stereocenters. The van der Waals surface area contributed by atoms with E-state index in [1.807, 2.05) is 0 Å². The number of rotatable bonds is 3. The molecule has 3 aliphatic rings. The Bertz CT molecular complexity index is 519. The zero-order valence-electron chi connectivity index (χ0n) is 13.0. The third-order valence-corrected chi connectivity index (χ3v) is 6.57. The first kappa shape index (κ1) is 18.0. The summed E-state index contributed by atoms with van der Waals surface area (Å²) in [6, 6.07) is -0.0275. The first-order valence-electron chi connectivity index (χ1n) is 7.87. The summed E-state index contributed by atoms with van der Waals surface area (Å²) in [5.41, 5.74) is 0.237. The number of carbonyl (C=O) groups is 1. The molecule has 3 fully saturated rings. The number of amides is 1. The Kier molecular flexibility index (Phi) is 5.42. The highest BCUT2D eigenvalue weighted by Gasteiger charge is 2.57. The van der Waals surface area contributed by atoms with E-state index in [0.717, 1.165) is 45.2 Å². The zero-order chi connectivity index (χ0) is 15.1. The van der Waals surface area contributed by atoms with Gasteiger partial charge in [-0.1, -0.05) is 0 Å². The number of hydrogen-bond acceptors (Lipinski definition) is 4. The van der Waals surface area contributed by atoms with E-state index in [4.69, 9.17) is 0 Å². The second-order valence-corrected chi connectivity index (χ2v) is 8.82. The van der Waals surface area contributed by atoms with Crippen molar-refractivity contribution in [1.29, 1.82) is 0 Å². The summed E-state index contributed by atoms with van der Waals surface area (Å²) in [5.74, 6) is 0.283. The van der Waals surface area contributed by atoms with E-state index >= 15 is 0 Å². The van der Waals surface area contributed by atoms with Gasteiger partial charge in [0.15, 0.2) is 0 Å². The summed E-state index contributed by atoms with van der Waals surface area (Å²) in [6.07, 6.45) is 6.11. The van der Waals surface area contributed by atoms with Gasteiger partial charge in [0, 0.05) is 25.0 Å². The van der Waals surface area contributed by atoms with Crippen LogP contribution in [-0.2, 0) is 14.8 Å². The number of piperidine rings is 2. The minimum atomic E-state index is -3.15. The number of sulfonamides is 1. The van der Waals surface area contributed by atoms with Gasteiger partial charge in [-0.25, -0.2) is 12.7 Å². The van der Waals surface area contributed by atoms with Gasteiger partial charge in [-0.05, 0) is 50.6 Å². The Morgan fingerprint density at radius 3 is 2.64 bits per heavy atom. The van der Waals surface area contributed by atoms with Crippen LogP contribution < -0.4 is 10.6 Å². The molecule has 1 saturated carbocycles. The van der Waals surface area contributed by atoms with Crippen LogP contribution in [0.2, 0.25) is 0 Å². The number of nitrogens with zero attached hydrogens (tertiary/aromatic N) is 1. The standard InChI is InChI=1S/C14H25N3O3S.ClH/c1-21(19,20)17-8-2-3-11(10-17)16-13(18)12-9-14(12)4-6-15-7-5-14;/h11-12,15H,2-10H2,1H3,(H,16,18);1H. The molecule has 0 aromatic heterocycles. The Labute approximate surface area is 138 Å². The van der Waals surface area contributed by atoms with Crippen molar-refractivity contribution >= 4 is 28.3 Å². The fourth-order valence-electron chi connectivity index (χ4n) is 3.86. The normalized spacial score (nSPS) is 31.3. The van der Waals surface area contributed by atoms with Gasteiger partial charge in [0.1, 0.15) is 0 Å². The van der Waals surface area contributed by atoms with Crippen molar-refractivity contribution in [3.63, 3.8) is 0 Å². The lowest BCUT2D eigenvalue weighted by atomic mass is 9.91. The van der Waals surface area contributed by atoms with Gasteiger partial charge in [-0.2, -0.15) is 0 Å². The molecule has 1 spiro atoms. The molecule has 2 aliphatic heterocycles. The van der Waals surface area contributed by atoms with Crippen LogP contribution >= 0.6 is 12.4 Å². The van der Waals surface area contributed by atoms with Crippen molar-refractivity contribution in [2.24, 2.45) is 11.3 Å². The number of carbonyl (C=O) groups excluding carboxylic acids is 1. The first-order chi connectivity index (χ1) is 9.91. The fourth-order valence-corrected chi connectivity index (χ4v) is 4.77. The summed E-state index contributed by atoms with van der Waals surface area (Å²) in [4.78, 5) is 12.4. The van der Waals surface area contributed by atoms with Crippen molar-refractivity contribution in [3.8, 4) is 0 Å². The Morgan fingerprint density at radius 1 is 1.32 bits per heavy atom. The maximum atomic E-state index is 12.4. The first-order valence-corrected chi connectivity index (χ1v) is 9.72. The number of halogens is 1. The average molecular weight is 352 g/mol. The second kappa shape index (κ2) is 6.63. The molecule has 0 radical (unpaired) electrons. The van der Waals surface area contributed by atoms with Crippen LogP contribution in [0.4, 0.5) is 0 Å². The van der Waals surface area contributed by atoms with Gasteiger partial charge in [0.2, 0.25) is 15.9 Å². The molecular formula is C14H26ClN3O3S. The van der Waals surface area contributed by atoms with Gasteiger partial charge < -0.3 is 10.6 Å². The van der Waals surface area contributed by atoms with Crippen molar-refractivity contribution < 1.29 is 13.2 Å². The molecule has 1 aliphatic carbocycles. The summed E-state index contributed by atoms with van der Waals surface area (Å²) in [7, 11) is -3.15.